The molecule has 0 bridgehead atoms. The summed E-state index contributed by atoms with van der Waals surface area (Å²) in [6, 6.07) is 24.1. The van der Waals surface area contributed by atoms with E-state index in [1.165, 1.54) is 24.3 Å². The third-order valence-corrected chi connectivity index (χ3v) is 6.95. The van der Waals surface area contributed by atoms with E-state index in [9.17, 15) is 12.6 Å². The van der Waals surface area contributed by atoms with Crippen LogP contribution >= 0.6 is 0 Å². The van der Waals surface area contributed by atoms with Crippen LogP contribution in [0, 0.1) is 0 Å². The fraction of sp³-hybridized carbons (Fsp3) is 0. The molecule has 7 heteroatoms. The minimum absolute atomic E-state index is 0.0460. The van der Waals surface area contributed by atoms with Crippen molar-refractivity contribution in [2.75, 3.05) is 0 Å². The molecule has 0 radical (unpaired) electrons. The van der Waals surface area contributed by atoms with E-state index in [4.69, 9.17) is 4.18 Å². The van der Waals surface area contributed by atoms with E-state index in [0.717, 1.165) is 0 Å². The summed E-state index contributed by atoms with van der Waals surface area (Å²) in [4.78, 5) is 0.133. The molecule has 0 aliphatic carbocycles. The minimum atomic E-state index is -4.16. The molecule has 0 aliphatic heterocycles. The average molecular weight is 373 g/mol. The lowest BCUT2D eigenvalue weighted by atomic mass is 10.3. The van der Waals surface area contributed by atoms with Crippen molar-refractivity contribution >= 4 is 20.0 Å². The van der Waals surface area contributed by atoms with Crippen molar-refractivity contribution in [1.82, 2.24) is 0 Å². The van der Waals surface area contributed by atoms with Gasteiger partial charge in [0.15, 0.2) is 0 Å². The first-order valence-corrected chi connectivity index (χ1v) is 10.3. The molecule has 3 aromatic carbocycles. The summed E-state index contributed by atoms with van der Waals surface area (Å²) in [5, 5.41) is 0. The number of rotatable bonds is 5. The maximum atomic E-state index is 13.4. The first-order chi connectivity index (χ1) is 12.0. The Morgan fingerprint density at radius 3 is 1.56 bits per heavy atom. The lowest BCUT2D eigenvalue weighted by Crippen LogP contribution is -2.13. The van der Waals surface area contributed by atoms with Crippen molar-refractivity contribution < 1.29 is 16.8 Å². The normalized spacial score (nSPS) is 13.6. The molecule has 128 valence electrons. The first-order valence-electron chi connectivity index (χ1n) is 7.38. The summed E-state index contributed by atoms with van der Waals surface area (Å²) in [5.41, 5.74) is 0. The van der Waals surface area contributed by atoms with Crippen LogP contribution in [0.15, 0.2) is 105 Å². The molecule has 0 aromatic heterocycles. The molecule has 0 amide bonds. The van der Waals surface area contributed by atoms with Crippen molar-refractivity contribution in [3.05, 3.63) is 91.0 Å². The van der Waals surface area contributed by atoms with Crippen molar-refractivity contribution in [2.24, 2.45) is 3.77 Å². The molecule has 1 atom stereocenters. The largest absolute Gasteiger partial charge is 0.392 e. The number of para-hydroxylation sites is 1. The van der Waals surface area contributed by atoms with Gasteiger partial charge in [0.25, 0.3) is 20.0 Å². The molecule has 3 aromatic rings. The monoisotopic (exact) mass is 373 g/mol. The van der Waals surface area contributed by atoms with Crippen molar-refractivity contribution in [1.29, 1.82) is 0 Å². The summed E-state index contributed by atoms with van der Waals surface area (Å²) in [5.74, 6) is 0.267. The summed E-state index contributed by atoms with van der Waals surface area (Å²) in [6.45, 7) is 0. The summed E-state index contributed by atoms with van der Waals surface area (Å²) in [7, 11) is -7.85. The molecule has 3 rings (SSSR count). The van der Waals surface area contributed by atoms with Gasteiger partial charge in [-0.2, -0.15) is 8.42 Å². The van der Waals surface area contributed by atoms with Crippen LogP contribution in [-0.4, -0.2) is 12.6 Å². The topological polar surface area (TPSA) is 72.8 Å². The second kappa shape index (κ2) is 7.08. The van der Waals surface area contributed by atoms with Crippen LogP contribution in [0.4, 0.5) is 0 Å². The molecule has 0 heterocycles. The quantitative estimate of drug-likeness (QED) is 0.680. The molecule has 0 N–H and O–H groups in total. The highest BCUT2D eigenvalue weighted by Gasteiger charge is 2.22. The molecular formula is C18H15NO4S2. The van der Waals surface area contributed by atoms with Crippen molar-refractivity contribution in [2.45, 2.75) is 9.79 Å². The molecule has 0 fully saturated rings. The van der Waals surface area contributed by atoms with E-state index in [1.807, 2.05) is 0 Å². The predicted molar refractivity (Wildman–Crippen MR) is 96.0 cm³/mol. The maximum Gasteiger partial charge on any atom is 0.292 e. The molecule has 0 unspecified atom stereocenters. The van der Waals surface area contributed by atoms with Gasteiger partial charge < -0.3 is 4.18 Å². The summed E-state index contributed by atoms with van der Waals surface area (Å²) >= 11 is 0. The van der Waals surface area contributed by atoms with Crippen LogP contribution in [0.1, 0.15) is 0 Å². The van der Waals surface area contributed by atoms with E-state index in [2.05, 4.69) is 3.77 Å². The van der Waals surface area contributed by atoms with Crippen LogP contribution in [-0.2, 0) is 20.0 Å². The zero-order valence-electron chi connectivity index (χ0n) is 13.1. The lowest BCUT2D eigenvalue weighted by molar-refractivity contribution is 0.549. The van der Waals surface area contributed by atoms with E-state index in [0.29, 0.717) is 0 Å². The van der Waals surface area contributed by atoms with E-state index in [-0.39, 0.29) is 15.5 Å². The van der Waals surface area contributed by atoms with E-state index < -0.39 is 20.0 Å². The van der Waals surface area contributed by atoms with Crippen LogP contribution < -0.4 is 4.18 Å². The Bertz CT molecular complexity index is 1060. The first kappa shape index (κ1) is 17.2. The Morgan fingerprint density at radius 1 is 0.600 bits per heavy atom. The van der Waals surface area contributed by atoms with Gasteiger partial charge in [-0.3, -0.25) is 0 Å². The fourth-order valence-corrected chi connectivity index (χ4v) is 5.38. The van der Waals surface area contributed by atoms with Crippen LogP contribution in [0.5, 0.6) is 5.75 Å². The number of sulfonamides is 1. The van der Waals surface area contributed by atoms with Crippen LogP contribution in [0.2, 0.25) is 0 Å². The minimum Gasteiger partial charge on any atom is -0.392 e. The predicted octanol–water partition coefficient (Wildman–Crippen LogP) is 3.90. The van der Waals surface area contributed by atoms with Gasteiger partial charge in [-0.25, -0.2) is 4.21 Å². The summed E-state index contributed by atoms with van der Waals surface area (Å²) in [6.07, 6.45) is 0. The van der Waals surface area contributed by atoms with Gasteiger partial charge >= 0.3 is 0 Å². The Kier molecular flexibility index (Phi) is 4.87. The fourth-order valence-electron chi connectivity index (χ4n) is 2.07. The molecule has 0 saturated carbocycles. The third kappa shape index (κ3) is 4.07. The molecule has 0 spiro atoms. The smallest absolute Gasteiger partial charge is 0.292 e. The standard InChI is InChI=1S/C18H15NO4S2/c20-24(21,17-12-6-2-7-13-17)19-25(22,18-14-8-3-9-15-18)23-16-10-4-1-5-11-16/h1-15H/t25-/m0/s1. The van der Waals surface area contributed by atoms with Gasteiger partial charge in [-0.15, -0.1) is 0 Å². The zero-order chi connectivity index (χ0) is 17.8. The zero-order valence-corrected chi connectivity index (χ0v) is 14.7. The lowest BCUT2D eigenvalue weighted by Gasteiger charge is -2.12. The van der Waals surface area contributed by atoms with Crippen molar-refractivity contribution in [3.63, 3.8) is 0 Å². The van der Waals surface area contributed by atoms with Gasteiger partial charge in [-0.1, -0.05) is 58.4 Å². The van der Waals surface area contributed by atoms with E-state index in [1.54, 1.807) is 66.7 Å². The van der Waals surface area contributed by atoms with Gasteiger partial charge in [0.05, 0.1) is 9.79 Å². The highest BCUT2D eigenvalue weighted by Crippen LogP contribution is 2.23. The van der Waals surface area contributed by atoms with Crippen LogP contribution in [0.25, 0.3) is 0 Å². The number of hydrogen-bond donors (Lipinski definition) is 0. The average Bonchev–Trinajstić information content (AvgIpc) is 2.63. The molecule has 0 aliphatic rings. The van der Waals surface area contributed by atoms with Gasteiger partial charge in [0, 0.05) is 0 Å². The van der Waals surface area contributed by atoms with Crippen LogP contribution in [0.3, 0.4) is 0 Å². The molecule has 5 nitrogen and oxygen atoms in total. The third-order valence-electron chi connectivity index (χ3n) is 3.23. The van der Waals surface area contributed by atoms with Crippen molar-refractivity contribution in [3.8, 4) is 5.75 Å². The Morgan fingerprint density at radius 2 is 1.04 bits per heavy atom. The second-order valence-electron chi connectivity index (χ2n) is 5.05. The van der Waals surface area contributed by atoms with Gasteiger partial charge in [0.1, 0.15) is 5.75 Å². The highest BCUT2D eigenvalue weighted by molar-refractivity contribution is 8.01. The van der Waals surface area contributed by atoms with E-state index >= 15 is 0 Å². The maximum absolute atomic E-state index is 13.4. The number of nitrogens with zero attached hydrogens (tertiary/aromatic N) is 1. The van der Waals surface area contributed by atoms with Gasteiger partial charge in [0.2, 0.25) is 0 Å². The molecule has 0 saturated heterocycles. The number of hydrogen-bond acceptors (Lipinski definition) is 4. The Labute approximate surface area is 147 Å². The Hall–Kier alpha value is -2.64. The molecule has 25 heavy (non-hydrogen) atoms. The Balaban J connectivity index is 2.17. The highest BCUT2D eigenvalue weighted by atomic mass is 32.3. The molecular weight excluding hydrogens is 358 g/mol. The number of benzene rings is 3. The second-order valence-corrected chi connectivity index (χ2v) is 8.65. The SMILES string of the molecule is O=S(=O)(N=[S@@](=O)(Oc1ccccc1)c1ccccc1)c1ccccc1. The van der Waals surface area contributed by atoms with Gasteiger partial charge in [-0.05, 0) is 36.4 Å². The summed E-state index contributed by atoms with van der Waals surface area (Å²) < 4.78 is 47.7.